The average molecular weight is 457 g/mol. The lowest BCUT2D eigenvalue weighted by Crippen LogP contribution is -2.32. The molecule has 3 aromatic carbocycles. The van der Waals surface area contributed by atoms with Crippen LogP contribution in [0.5, 0.6) is 0 Å². The Morgan fingerprint density at radius 2 is 1.64 bits per heavy atom. The Balaban J connectivity index is 1.33. The lowest BCUT2D eigenvalue weighted by molar-refractivity contribution is -0.142. The molecule has 0 saturated heterocycles. The number of aliphatic carboxylic acids is 1. The molecule has 0 aliphatic heterocycles. The molecular weight excluding hydrogens is 432 g/mol. The lowest BCUT2D eigenvalue weighted by Gasteiger charge is -2.21. The van der Waals surface area contributed by atoms with Gasteiger partial charge >= 0.3 is 5.97 Å². The number of carbonyl (C=O) groups is 1. The van der Waals surface area contributed by atoms with Gasteiger partial charge in [0.2, 0.25) is 0 Å². The second-order valence-electron chi connectivity index (χ2n) is 8.47. The van der Waals surface area contributed by atoms with E-state index in [2.05, 4.69) is 41.5 Å². The second-order valence-corrected chi connectivity index (χ2v) is 9.78. The van der Waals surface area contributed by atoms with Crippen molar-refractivity contribution in [1.29, 1.82) is 0 Å². The van der Waals surface area contributed by atoms with E-state index in [9.17, 15) is 14.7 Å². The molecular formula is C27H24N2O3S. The summed E-state index contributed by atoms with van der Waals surface area (Å²) < 4.78 is 1.44. The third-order valence-electron chi connectivity index (χ3n) is 6.43. The van der Waals surface area contributed by atoms with Gasteiger partial charge in [0.15, 0.2) is 0 Å². The van der Waals surface area contributed by atoms with Gasteiger partial charge in [0.25, 0.3) is 5.56 Å². The van der Waals surface area contributed by atoms with Crippen LogP contribution in [0.2, 0.25) is 0 Å². The minimum Gasteiger partial charge on any atom is -0.481 e. The van der Waals surface area contributed by atoms with Crippen LogP contribution in [-0.2, 0) is 11.3 Å². The first-order valence-corrected chi connectivity index (χ1v) is 12.0. The van der Waals surface area contributed by atoms with Crippen LogP contribution in [0, 0.1) is 11.8 Å². The number of hydrogen-bond donors (Lipinski definition) is 1. The predicted octanol–water partition coefficient (Wildman–Crippen LogP) is 5.34. The summed E-state index contributed by atoms with van der Waals surface area (Å²) in [5.41, 5.74) is 2.14. The summed E-state index contributed by atoms with van der Waals surface area (Å²) in [6.45, 7) is 0.324. The fraction of sp³-hybridized carbons (Fsp3) is 0.222. The van der Waals surface area contributed by atoms with Crippen LogP contribution in [-0.4, -0.2) is 26.1 Å². The fourth-order valence-corrected chi connectivity index (χ4v) is 6.13. The highest BCUT2D eigenvalue weighted by atomic mass is 32.2. The molecule has 1 aliphatic rings. The molecule has 1 fully saturated rings. The lowest BCUT2D eigenvalue weighted by atomic mass is 9.96. The van der Waals surface area contributed by atoms with Gasteiger partial charge in [-0.15, -0.1) is 11.8 Å². The van der Waals surface area contributed by atoms with E-state index in [1.54, 1.807) is 24.0 Å². The molecule has 0 radical (unpaired) electrons. The molecule has 4 aromatic rings. The minimum atomic E-state index is -0.801. The first-order valence-electron chi connectivity index (χ1n) is 11.1. The normalized spacial score (nSPS) is 20.2. The van der Waals surface area contributed by atoms with Gasteiger partial charge in [-0.05, 0) is 48.1 Å². The maximum atomic E-state index is 12.9. The number of rotatable bonds is 6. The quantitative estimate of drug-likeness (QED) is 0.424. The topological polar surface area (TPSA) is 72.2 Å². The number of benzene rings is 3. The smallest absolute Gasteiger partial charge is 0.307 e. The second kappa shape index (κ2) is 9.24. The number of carboxylic acid groups (broad SMARTS) is 1. The SMILES string of the molecule is O=C(O)[C@H]1[C@H](Cn2ncc3ccccc3c2=O)CC[C@@H]1Sc1ccc(-c2ccccc2)cc1. The van der Waals surface area contributed by atoms with Crippen molar-refractivity contribution in [1.82, 2.24) is 9.78 Å². The standard InChI is InChI=1S/C27H24N2O3S/c30-26-23-9-5-4-8-20(23)16-28-29(26)17-21-12-15-24(25(21)27(31)32)33-22-13-10-19(11-14-22)18-6-2-1-3-7-18/h1-11,13-14,16,21,24-25H,12,15,17H2,(H,31,32)/t21-,24-,25-/m0/s1. The molecule has 1 N–H and O–H groups in total. The van der Waals surface area contributed by atoms with E-state index < -0.39 is 11.9 Å². The number of hydrogen-bond acceptors (Lipinski definition) is 4. The van der Waals surface area contributed by atoms with Crippen molar-refractivity contribution in [3.05, 3.63) is 95.4 Å². The van der Waals surface area contributed by atoms with Crippen molar-refractivity contribution < 1.29 is 9.90 Å². The van der Waals surface area contributed by atoms with Crippen LogP contribution in [0.15, 0.2) is 94.7 Å². The van der Waals surface area contributed by atoms with Crippen LogP contribution in [0.1, 0.15) is 12.8 Å². The highest BCUT2D eigenvalue weighted by Gasteiger charge is 2.42. The van der Waals surface area contributed by atoms with E-state index in [0.29, 0.717) is 11.9 Å². The highest BCUT2D eigenvalue weighted by molar-refractivity contribution is 8.00. The molecule has 1 saturated carbocycles. The van der Waals surface area contributed by atoms with Crippen molar-refractivity contribution in [2.24, 2.45) is 11.8 Å². The van der Waals surface area contributed by atoms with Gasteiger partial charge < -0.3 is 5.11 Å². The van der Waals surface area contributed by atoms with E-state index in [-0.39, 0.29) is 16.7 Å². The molecule has 0 amide bonds. The molecule has 5 rings (SSSR count). The van der Waals surface area contributed by atoms with Crippen molar-refractivity contribution in [2.45, 2.75) is 29.5 Å². The Bertz CT molecular complexity index is 1340. The van der Waals surface area contributed by atoms with Gasteiger partial charge in [-0.3, -0.25) is 9.59 Å². The Hall–Kier alpha value is -3.38. The Morgan fingerprint density at radius 1 is 0.939 bits per heavy atom. The van der Waals surface area contributed by atoms with E-state index in [1.165, 1.54) is 4.68 Å². The summed E-state index contributed by atoms with van der Waals surface area (Å²) in [6, 6.07) is 25.8. The summed E-state index contributed by atoms with van der Waals surface area (Å²) in [6.07, 6.45) is 3.24. The zero-order valence-corrected chi connectivity index (χ0v) is 18.8. The molecule has 1 aliphatic carbocycles. The number of carboxylic acids is 1. The van der Waals surface area contributed by atoms with Crippen LogP contribution in [0.25, 0.3) is 21.9 Å². The number of aromatic nitrogens is 2. The zero-order chi connectivity index (χ0) is 22.8. The summed E-state index contributed by atoms with van der Waals surface area (Å²) in [4.78, 5) is 26.1. The van der Waals surface area contributed by atoms with E-state index >= 15 is 0 Å². The Labute approximate surface area is 196 Å². The molecule has 5 nitrogen and oxygen atoms in total. The van der Waals surface area contributed by atoms with Crippen molar-refractivity contribution in [3.63, 3.8) is 0 Å². The van der Waals surface area contributed by atoms with Crippen LogP contribution in [0.4, 0.5) is 0 Å². The van der Waals surface area contributed by atoms with Crippen molar-refractivity contribution in [3.8, 4) is 11.1 Å². The molecule has 3 atom stereocenters. The largest absolute Gasteiger partial charge is 0.481 e. The summed E-state index contributed by atoms with van der Waals surface area (Å²) in [5, 5.41) is 15.7. The number of fused-ring (bicyclic) bond motifs is 1. The summed E-state index contributed by atoms with van der Waals surface area (Å²) >= 11 is 1.62. The van der Waals surface area contributed by atoms with E-state index in [4.69, 9.17) is 0 Å². The zero-order valence-electron chi connectivity index (χ0n) is 18.0. The molecule has 0 unspecified atom stereocenters. The first-order chi connectivity index (χ1) is 16.1. The average Bonchev–Trinajstić information content (AvgIpc) is 3.24. The van der Waals surface area contributed by atoms with Gasteiger partial charge in [-0.1, -0.05) is 60.7 Å². The molecule has 6 heteroatoms. The van der Waals surface area contributed by atoms with Crippen LogP contribution >= 0.6 is 11.8 Å². The van der Waals surface area contributed by atoms with Crippen LogP contribution in [0.3, 0.4) is 0 Å². The van der Waals surface area contributed by atoms with Gasteiger partial charge in [0, 0.05) is 22.1 Å². The maximum Gasteiger partial charge on any atom is 0.307 e. The molecule has 33 heavy (non-hydrogen) atoms. The van der Waals surface area contributed by atoms with Gasteiger partial charge in [-0.2, -0.15) is 5.10 Å². The molecule has 0 spiro atoms. The predicted molar refractivity (Wildman–Crippen MR) is 131 cm³/mol. The fourth-order valence-electron chi connectivity index (χ4n) is 4.75. The monoisotopic (exact) mass is 456 g/mol. The van der Waals surface area contributed by atoms with Gasteiger partial charge in [0.05, 0.1) is 17.5 Å². The number of thioether (sulfide) groups is 1. The molecule has 0 bridgehead atoms. The third-order valence-corrected chi connectivity index (χ3v) is 7.81. The molecule has 166 valence electrons. The third kappa shape index (κ3) is 4.44. The van der Waals surface area contributed by atoms with Crippen molar-refractivity contribution >= 4 is 28.5 Å². The number of nitrogens with zero attached hydrogens (tertiary/aromatic N) is 2. The minimum absolute atomic E-state index is 0.0359. The van der Waals surface area contributed by atoms with Crippen LogP contribution < -0.4 is 5.56 Å². The Kier molecular flexibility index (Phi) is 6.01. The first kappa shape index (κ1) is 21.5. The molecule has 1 aromatic heterocycles. The van der Waals surface area contributed by atoms with E-state index in [0.717, 1.165) is 34.3 Å². The maximum absolute atomic E-state index is 12.9. The van der Waals surface area contributed by atoms with E-state index in [1.807, 2.05) is 36.4 Å². The van der Waals surface area contributed by atoms with Gasteiger partial charge in [-0.25, -0.2) is 4.68 Å². The highest BCUT2D eigenvalue weighted by Crippen LogP contribution is 2.43. The summed E-state index contributed by atoms with van der Waals surface area (Å²) in [5.74, 6) is -1.45. The van der Waals surface area contributed by atoms with Gasteiger partial charge in [0.1, 0.15) is 0 Å². The van der Waals surface area contributed by atoms with Crippen molar-refractivity contribution in [2.75, 3.05) is 0 Å². The summed E-state index contributed by atoms with van der Waals surface area (Å²) in [7, 11) is 0. The Morgan fingerprint density at radius 3 is 2.39 bits per heavy atom. The molecule has 1 heterocycles.